The number of hydrogen-bond donors (Lipinski definition) is 2. The summed E-state index contributed by atoms with van der Waals surface area (Å²) in [5.74, 6) is 0.501. The van der Waals surface area contributed by atoms with Gasteiger partial charge in [-0.15, -0.1) is 0 Å². The van der Waals surface area contributed by atoms with E-state index in [1.54, 1.807) is 37.4 Å². The van der Waals surface area contributed by atoms with E-state index in [-0.39, 0.29) is 0 Å². The molecule has 0 fully saturated rings. The Bertz CT molecular complexity index is 1130. The third-order valence-electron chi connectivity index (χ3n) is 5.72. The van der Waals surface area contributed by atoms with E-state index in [1.807, 2.05) is 88.4 Å². The molecule has 0 radical (unpaired) electrons. The monoisotopic (exact) mass is 534 g/mol. The number of nitrogens with two attached hydrogens (primary N) is 1. The molecule has 5 heteroatoms. The van der Waals surface area contributed by atoms with Gasteiger partial charge in [0.25, 0.3) is 0 Å². The van der Waals surface area contributed by atoms with Crippen LogP contribution in [0.4, 0.5) is 0 Å². The predicted molar refractivity (Wildman–Crippen MR) is 166 cm³/mol. The molecule has 0 heterocycles. The lowest BCUT2D eigenvalue weighted by Gasteiger charge is -2.26. The van der Waals surface area contributed by atoms with Gasteiger partial charge in [-0.2, -0.15) is 0 Å². The molecular weight excluding hydrogens is 492 g/mol. The highest BCUT2D eigenvalue weighted by atomic mass is 35.5. The molecule has 204 valence electrons. The summed E-state index contributed by atoms with van der Waals surface area (Å²) < 4.78 is 5.94. The lowest BCUT2D eigenvalue weighted by molar-refractivity contribution is 0.136. The fourth-order valence-corrected chi connectivity index (χ4v) is 4.01. The highest BCUT2D eigenvalue weighted by Crippen LogP contribution is 2.32. The SMILES string of the molecule is C=CC(=C\C(=C/CC)C(O)(/C=C/C=C(Cl)\C=C/C)C/C=C/C)/C(C)=C(\C(=NC)OCCN)c1ccccc1. The van der Waals surface area contributed by atoms with E-state index < -0.39 is 5.60 Å². The second-order valence-electron chi connectivity index (χ2n) is 8.51. The van der Waals surface area contributed by atoms with E-state index >= 15 is 0 Å². The van der Waals surface area contributed by atoms with Crippen LogP contribution < -0.4 is 5.73 Å². The first kappa shape index (κ1) is 32.8. The first-order chi connectivity index (χ1) is 18.3. The van der Waals surface area contributed by atoms with Crippen molar-refractivity contribution in [3.63, 3.8) is 0 Å². The van der Waals surface area contributed by atoms with E-state index in [0.29, 0.717) is 30.5 Å². The highest BCUT2D eigenvalue weighted by Gasteiger charge is 2.26. The molecule has 3 N–H and O–H groups in total. The van der Waals surface area contributed by atoms with E-state index in [0.717, 1.165) is 34.3 Å². The molecule has 1 aromatic rings. The van der Waals surface area contributed by atoms with E-state index in [9.17, 15) is 5.11 Å². The Kier molecular flexibility index (Phi) is 15.7. The molecule has 0 aliphatic rings. The molecule has 0 bridgehead atoms. The summed E-state index contributed by atoms with van der Waals surface area (Å²) >= 11 is 6.23. The Morgan fingerprint density at radius 3 is 2.47 bits per heavy atom. The maximum absolute atomic E-state index is 11.9. The predicted octanol–water partition coefficient (Wildman–Crippen LogP) is 7.86. The molecule has 0 spiro atoms. The molecule has 0 aromatic heterocycles. The normalized spacial score (nSPS) is 16.3. The molecule has 1 atom stereocenters. The summed E-state index contributed by atoms with van der Waals surface area (Å²) in [6, 6.07) is 9.96. The zero-order valence-corrected chi connectivity index (χ0v) is 24.2. The van der Waals surface area contributed by atoms with Crippen LogP contribution in [0.25, 0.3) is 5.57 Å². The number of nitrogens with zero attached hydrogens (tertiary/aromatic N) is 1. The summed E-state index contributed by atoms with van der Waals surface area (Å²) in [6.45, 7) is 12.7. The van der Waals surface area contributed by atoms with Gasteiger partial charge < -0.3 is 15.6 Å². The summed E-state index contributed by atoms with van der Waals surface area (Å²) in [5.41, 5.74) is 8.77. The van der Waals surface area contributed by atoms with Crippen LogP contribution in [0.5, 0.6) is 0 Å². The van der Waals surface area contributed by atoms with Gasteiger partial charge in [0.15, 0.2) is 0 Å². The molecule has 1 aromatic carbocycles. The second kappa shape index (κ2) is 18.1. The van der Waals surface area contributed by atoms with Gasteiger partial charge in [0.1, 0.15) is 12.2 Å². The Labute approximate surface area is 234 Å². The van der Waals surface area contributed by atoms with Crippen molar-refractivity contribution in [3.8, 4) is 0 Å². The summed E-state index contributed by atoms with van der Waals surface area (Å²) in [4.78, 5) is 4.43. The van der Waals surface area contributed by atoms with Crippen molar-refractivity contribution in [1.82, 2.24) is 0 Å². The number of rotatable bonds is 14. The summed E-state index contributed by atoms with van der Waals surface area (Å²) in [5, 5.41) is 12.5. The molecule has 0 saturated carbocycles. The minimum absolute atomic E-state index is 0.349. The minimum atomic E-state index is -1.26. The fraction of sp³-hybridized carbons (Fsp3) is 0.303. The third-order valence-corrected chi connectivity index (χ3v) is 5.97. The Morgan fingerprint density at radius 1 is 1.21 bits per heavy atom. The number of allylic oxidation sites excluding steroid dienone is 10. The van der Waals surface area contributed by atoms with Crippen molar-refractivity contribution in [2.75, 3.05) is 20.2 Å². The van der Waals surface area contributed by atoms with Crippen molar-refractivity contribution in [1.29, 1.82) is 0 Å². The van der Waals surface area contributed by atoms with Crippen molar-refractivity contribution in [2.24, 2.45) is 10.7 Å². The lowest BCUT2D eigenvalue weighted by atomic mass is 9.85. The van der Waals surface area contributed by atoms with Crippen LogP contribution >= 0.6 is 11.6 Å². The van der Waals surface area contributed by atoms with Crippen LogP contribution in [0.15, 0.2) is 124 Å². The fourth-order valence-electron chi connectivity index (χ4n) is 3.82. The number of benzene rings is 1. The zero-order chi connectivity index (χ0) is 28.4. The van der Waals surface area contributed by atoms with Crippen molar-refractivity contribution >= 4 is 23.1 Å². The number of ether oxygens (including phenoxy) is 1. The van der Waals surface area contributed by atoms with Gasteiger partial charge in [0.2, 0.25) is 5.90 Å². The Morgan fingerprint density at radius 2 is 1.92 bits per heavy atom. The average molecular weight is 535 g/mol. The van der Waals surface area contributed by atoms with E-state index in [4.69, 9.17) is 22.1 Å². The maximum atomic E-state index is 11.9. The van der Waals surface area contributed by atoms with E-state index in [1.165, 1.54) is 0 Å². The van der Waals surface area contributed by atoms with Gasteiger partial charge in [-0.25, -0.2) is 0 Å². The van der Waals surface area contributed by atoms with Gasteiger partial charge in [0, 0.05) is 30.6 Å². The highest BCUT2D eigenvalue weighted by molar-refractivity contribution is 6.31. The Balaban J connectivity index is 3.83. The third kappa shape index (κ3) is 10.3. The van der Waals surface area contributed by atoms with Crippen LogP contribution in [0.3, 0.4) is 0 Å². The molecule has 38 heavy (non-hydrogen) atoms. The Hall–Kier alpha value is -3.18. The van der Waals surface area contributed by atoms with Gasteiger partial charge in [-0.1, -0.05) is 91.9 Å². The molecule has 0 aliphatic carbocycles. The maximum Gasteiger partial charge on any atom is 0.216 e. The summed E-state index contributed by atoms with van der Waals surface area (Å²) in [7, 11) is 1.70. The zero-order valence-electron chi connectivity index (χ0n) is 23.5. The number of aliphatic hydroxyl groups is 1. The molecule has 1 unspecified atom stereocenters. The molecule has 0 amide bonds. The second-order valence-corrected chi connectivity index (χ2v) is 8.95. The van der Waals surface area contributed by atoms with Gasteiger partial charge in [0.05, 0.1) is 0 Å². The molecular formula is C33H43ClN2O2. The minimum Gasteiger partial charge on any atom is -0.476 e. The van der Waals surface area contributed by atoms with Crippen LogP contribution in [0, 0.1) is 0 Å². The quantitative estimate of drug-likeness (QED) is 0.110. The molecule has 4 nitrogen and oxygen atoms in total. The number of aliphatic imine (C=N–C) groups is 1. The number of hydrogen-bond acceptors (Lipinski definition) is 4. The standard InChI is InChI=1S/C33H43ClN2O2/c1-7-11-21-33(37,22-15-20-30(34)17-9-3)29(16-8-2)25-27(10-4)26(5)31(28-18-13-12-14-19-28)32(36-6)38-24-23-35/h7,9-20,22,25,37H,4,8,21,23-24,35H2,1-3,5-6H3/b11-7+,17-9-,22-15+,27-25+,29-16+,30-20+,31-26-,36-32?. The first-order valence-corrected chi connectivity index (χ1v) is 13.3. The van der Waals surface area contributed by atoms with Crippen LogP contribution in [-0.4, -0.2) is 36.8 Å². The van der Waals surface area contributed by atoms with Crippen molar-refractivity contribution in [2.45, 2.75) is 46.1 Å². The van der Waals surface area contributed by atoms with Gasteiger partial charge >= 0.3 is 0 Å². The first-order valence-electron chi connectivity index (χ1n) is 12.9. The van der Waals surface area contributed by atoms with Crippen molar-refractivity contribution < 1.29 is 9.84 Å². The smallest absolute Gasteiger partial charge is 0.216 e. The lowest BCUT2D eigenvalue weighted by Crippen LogP contribution is -2.27. The largest absolute Gasteiger partial charge is 0.476 e. The van der Waals surface area contributed by atoms with Crippen LogP contribution in [0.1, 0.15) is 46.1 Å². The topological polar surface area (TPSA) is 67.8 Å². The van der Waals surface area contributed by atoms with Crippen LogP contribution in [-0.2, 0) is 4.74 Å². The van der Waals surface area contributed by atoms with E-state index in [2.05, 4.69) is 11.6 Å². The summed E-state index contributed by atoms with van der Waals surface area (Å²) in [6.07, 6.45) is 19.8. The molecule has 1 rings (SSSR count). The molecule has 0 saturated heterocycles. The average Bonchev–Trinajstić information content (AvgIpc) is 2.92. The number of halogens is 1. The van der Waals surface area contributed by atoms with Gasteiger partial charge in [-0.05, 0) is 73.8 Å². The van der Waals surface area contributed by atoms with Crippen molar-refractivity contribution in [3.05, 3.63) is 125 Å². The van der Waals surface area contributed by atoms with Crippen LogP contribution in [0.2, 0.25) is 0 Å². The molecule has 0 aliphatic heterocycles. The van der Waals surface area contributed by atoms with Gasteiger partial charge in [-0.3, -0.25) is 4.99 Å².